The van der Waals surface area contributed by atoms with Crippen LogP contribution in [0.2, 0.25) is 0 Å². The summed E-state index contributed by atoms with van der Waals surface area (Å²) in [6.45, 7) is 9.84. The van der Waals surface area contributed by atoms with Gasteiger partial charge in [-0.25, -0.2) is 0 Å². The molecule has 2 nitrogen and oxygen atoms in total. The Morgan fingerprint density at radius 1 is 1.07 bits per heavy atom. The van der Waals surface area contributed by atoms with Crippen LogP contribution in [0.25, 0.3) is 0 Å². The lowest BCUT2D eigenvalue weighted by molar-refractivity contribution is -0.162. The molecule has 0 heterocycles. The van der Waals surface area contributed by atoms with Crippen LogP contribution in [0, 0.1) is 51.8 Å². The largest absolute Gasteiger partial charge is 0.393 e. The molecule has 0 amide bonds. The molecule has 5 saturated carbocycles. The number of fused-ring (bicyclic) bond motifs is 4. The molecular formula is C26H44O2. The second kappa shape index (κ2) is 6.46. The number of rotatable bonds is 5. The van der Waals surface area contributed by atoms with E-state index in [4.69, 9.17) is 4.74 Å². The van der Waals surface area contributed by atoms with Crippen LogP contribution in [0.1, 0.15) is 91.9 Å². The van der Waals surface area contributed by atoms with Gasteiger partial charge in [-0.05, 0) is 104 Å². The van der Waals surface area contributed by atoms with Gasteiger partial charge in [-0.1, -0.05) is 34.1 Å². The van der Waals surface area contributed by atoms with Gasteiger partial charge in [0.1, 0.15) is 0 Å². The predicted octanol–water partition coefficient (Wildman–Crippen LogP) is 6.07. The van der Waals surface area contributed by atoms with Gasteiger partial charge in [0.05, 0.1) is 12.2 Å². The first-order valence-electron chi connectivity index (χ1n) is 12.5. The van der Waals surface area contributed by atoms with Gasteiger partial charge in [0.15, 0.2) is 0 Å². The molecule has 5 aliphatic rings. The average molecular weight is 389 g/mol. The van der Waals surface area contributed by atoms with Gasteiger partial charge < -0.3 is 9.84 Å². The lowest BCUT2D eigenvalue weighted by atomic mass is 9.45. The van der Waals surface area contributed by atoms with Gasteiger partial charge in [0, 0.05) is 12.5 Å². The third kappa shape index (κ3) is 2.29. The smallest absolute Gasteiger partial charge is 0.0638 e. The van der Waals surface area contributed by atoms with E-state index in [-0.39, 0.29) is 6.10 Å². The fourth-order valence-electron chi connectivity index (χ4n) is 10.3. The van der Waals surface area contributed by atoms with Crippen molar-refractivity contribution in [3.63, 3.8) is 0 Å². The van der Waals surface area contributed by atoms with Gasteiger partial charge in [-0.3, -0.25) is 0 Å². The number of hydrogen-bond donors (Lipinski definition) is 1. The second-order valence-corrected chi connectivity index (χ2v) is 12.2. The molecule has 5 rings (SSSR count). The van der Waals surface area contributed by atoms with Crippen molar-refractivity contribution in [2.24, 2.45) is 51.8 Å². The number of ether oxygens (including phenoxy) is 1. The highest BCUT2D eigenvalue weighted by atomic mass is 16.5. The van der Waals surface area contributed by atoms with E-state index < -0.39 is 0 Å². The van der Waals surface area contributed by atoms with Gasteiger partial charge in [0.25, 0.3) is 0 Å². The van der Waals surface area contributed by atoms with E-state index in [0.717, 1.165) is 36.5 Å². The fourth-order valence-corrected chi connectivity index (χ4v) is 10.3. The van der Waals surface area contributed by atoms with E-state index in [1.807, 2.05) is 7.11 Å². The third-order valence-corrected chi connectivity index (χ3v) is 11.7. The van der Waals surface area contributed by atoms with Crippen molar-refractivity contribution >= 4 is 0 Å². The Morgan fingerprint density at radius 2 is 1.86 bits per heavy atom. The fraction of sp³-hybridized carbons (Fsp3) is 1.00. The standard InChI is InChI=1S/C26H44O2/c1-6-7-22(27)16(2)19-8-9-20-18-14-23(28-5)26-15-17(26)10-13-25(26,4)21(18)11-12-24(19,20)3/h16-23,27H,6-15H2,1-5H3/t16-,17+,18-,19+,20-,21-,22-,23+,24+,25+,26-/m0/s1. The maximum Gasteiger partial charge on any atom is 0.0638 e. The zero-order chi connectivity index (χ0) is 19.9. The summed E-state index contributed by atoms with van der Waals surface area (Å²) in [4.78, 5) is 0. The van der Waals surface area contributed by atoms with Crippen LogP contribution in [-0.4, -0.2) is 24.4 Å². The SMILES string of the molecule is CCC[C@H](O)[C@@H](C)[C@H]1CC[C@H]2[C@@H]3C[C@@H](OC)[C@]45C[C@H]4CC[C@]5(C)[C@H]3CC[C@]12C. The van der Waals surface area contributed by atoms with Crippen LogP contribution in [0.5, 0.6) is 0 Å². The molecule has 0 aliphatic heterocycles. The Bertz CT molecular complexity index is 618. The molecular weight excluding hydrogens is 344 g/mol. The minimum absolute atomic E-state index is 0.107. The normalized spacial score (nSPS) is 56.4. The maximum atomic E-state index is 10.8. The van der Waals surface area contributed by atoms with Crippen molar-refractivity contribution in [2.75, 3.05) is 7.11 Å². The van der Waals surface area contributed by atoms with Crippen molar-refractivity contribution in [3.8, 4) is 0 Å². The van der Waals surface area contributed by atoms with Crippen molar-refractivity contribution in [1.29, 1.82) is 0 Å². The molecule has 0 radical (unpaired) electrons. The van der Waals surface area contributed by atoms with Crippen molar-refractivity contribution in [3.05, 3.63) is 0 Å². The molecule has 0 aromatic heterocycles. The first kappa shape index (κ1) is 19.9. The van der Waals surface area contributed by atoms with E-state index in [1.54, 1.807) is 0 Å². The van der Waals surface area contributed by atoms with Crippen molar-refractivity contribution in [1.82, 2.24) is 0 Å². The summed E-state index contributed by atoms with van der Waals surface area (Å²) >= 11 is 0. The topological polar surface area (TPSA) is 29.5 Å². The summed E-state index contributed by atoms with van der Waals surface area (Å²) < 4.78 is 6.25. The Morgan fingerprint density at radius 3 is 2.54 bits per heavy atom. The molecule has 0 aromatic rings. The summed E-state index contributed by atoms with van der Waals surface area (Å²) in [6, 6.07) is 0. The first-order chi connectivity index (χ1) is 13.3. The average Bonchev–Trinajstić information content (AvgIpc) is 3.18. The summed E-state index contributed by atoms with van der Waals surface area (Å²) in [5.41, 5.74) is 1.52. The molecule has 0 saturated heterocycles. The minimum atomic E-state index is -0.107. The van der Waals surface area contributed by atoms with E-state index in [0.29, 0.717) is 34.2 Å². The van der Waals surface area contributed by atoms with Crippen LogP contribution in [-0.2, 0) is 4.74 Å². The molecule has 0 unspecified atom stereocenters. The Labute approximate surface area is 173 Å². The highest BCUT2D eigenvalue weighted by molar-refractivity contribution is 5.26. The van der Waals surface area contributed by atoms with Crippen LogP contribution in [0.4, 0.5) is 0 Å². The van der Waals surface area contributed by atoms with Crippen LogP contribution >= 0.6 is 0 Å². The molecule has 2 heteroatoms. The molecule has 160 valence electrons. The summed E-state index contributed by atoms with van der Waals surface area (Å²) in [5.74, 6) is 4.78. The number of aliphatic hydroxyl groups is 1. The second-order valence-electron chi connectivity index (χ2n) is 12.2. The predicted molar refractivity (Wildman–Crippen MR) is 114 cm³/mol. The molecule has 1 N–H and O–H groups in total. The Kier molecular flexibility index (Phi) is 4.58. The van der Waals surface area contributed by atoms with Crippen molar-refractivity contribution < 1.29 is 9.84 Å². The highest BCUT2D eigenvalue weighted by Crippen LogP contribution is 2.82. The van der Waals surface area contributed by atoms with Crippen LogP contribution < -0.4 is 0 Å². The summed E-state index contributed by atoms with van der Waals surface area (Å²) in [5, 5.41) is 10.8. The van der Waals surface area contributed by atoms with E-state index in [1.165, 1.54) is 51.4 Å². The third-order valence-electron chi connectivity index (χ3n) is 11.7. The monoisotopic (exact) mass is 388 g/mol. The van der Waals surface area contributed by atoms with E-state index in [2.05, 4.69) is 27.7 Å². The van der Waals surface area contributed by atoms with E-state index >= 15 is 0 Å². The quantitative estimate of drug-likeness (QED) is 0.619. The van der Waals surface area contributed by atoms with E-state index in [9.17, 15) is 5.11 Å². The molecule has 5 fully saturated rings. The van der Waals surface area contributed by atoms with Crippen molar-refractivity contribution in [2.45, 2.75) is 104 Å². The lowest BCUT2D eigenvalue weighted by Crippen LogP contribution is -2.57. The zero-order valence-electron chi connectivity index (χ0n) is 19.0. The summed E-state index contributed by atoms with van der Waals surface area (Å²) in [6.07, 6.45) is 13.7. The van der Waals surface area contributed by atoms with Crippen LogP contribution in [0.15, 0.2) is 0 Å². The van der Waals surface area contributed by atoms with Crippen LogP contribution in [0.3, 0.4) is 0 Å². The summed E-state index contributed by atoms with van der Waals surface area (Å²) in [7, 11) is 2.00. The molecule has 0 aromatic carbocycles. The number of methoxy groups -OCH3 is 1. The van der Waals surface area contributed by atoms with Gasteiger partial charge >= 0.3 is 0 Å². The first-order valence-corrected chi connectivity index (χ1v) is 12.5. The minimum Gasteiger partial charge on any atom is -0.393 e. The van der Waals surface area contributed by atoms with Gasteiger partial charge in [0.2, 0.25) is 0 Å². The molecule has 0 bridgehead atoms. The lowest BCUT2D eigenvalue weighted by Gasteiger charge is -2.61. The molecule has 11 atom stereocenters. The number of aliphatic hydroxyl groups excluding tert-OH is 1. The van der Waals surface area contributed by atoms with Gasteiger partial charge in [-0.2, -0.15) is 0 Å². The molecule has 1 spiro atoms. The Hall–Kier alpha value is -0.0800. The zero-order valence-corrected chi connectivity index (χ0v) is 19.0. The molecule has 5 aliphatic carbocycles. The Balaban J connectivity index is 1.43. The highest BCUT2D eigenvalue weighted by Gasteiger charge is 2.77. The maximum absolute atomic E-state index is 10.8. The van der Waals surface area contributed by atoms with Gasteiger partial charge in [-0.15, -0.1) is 0 Å². The number of hydrogen-bond acceptors (Lipinski definition) is 2. The molecule has 28 heavy (non-hydrogen) atoms.